The number of ether oxygens (including phenoxy) is 2. The second-order valence-electron chi connectivity index (χ2n) is 6.37. The number of halogens is 2. The summed E-state index contributed by atoms with van der Waals surface area (Å²) in [5, 5.41) is 12.9. The summed E-state index contributed by atoms with van der Waals surface area (Å²) in [6.45, 7) is 0.393. The van der Waals surface area contributed by atoms with Crippen molar-refractivity contribution in [1.82, 2.24) is 4.98 Å². The van der Waals surface area contributed by atoms with E-state index in [0.717, 1.165) is 19.3 Å². The first-order valence-corrected chi connectivity index (χ1v) is 10.0. The molecule has 0 bridgehead atoms. The predicted octanol–water partition coefficient (Wildman–Crippen LogP) is 5.71. The number of fused-ring (bicyclic) bond motifs is 1. The Morgan fingerprint density at radius 3 is 2.67 bits per heavy atom. The summed E-state index contributed by atoms with van der Waals surface area (Å²) in [7, 11) is 1.51. The Morgan fingerprint density at radius 2 is 1.97 bits per heavy atom. The van der Waals surface area contributed by atoms with Gasteiger partial charge in [0.2, 0.25) is 5.75 Å². The molecule has 0 unspecified atom stereocenters. The van der Waals surface area contributed by atoms with E-state index in [0.29, 0.717) is 51.3 Å². The van der Waals surface area contributed by atoms with Crippen LogP contribution in [0.4, 0.5) is 11.4 Å². The summed E-state index contributed by atoms with van der Waals surface area (Å²) in [5.74, 6) is 0.780. The quantitative estimate of drug-likeness (QED) is 0.331. The molecule has 3 rings (SSSR count). The highest BCUT2D eigenvalue weighted by Crippen LogP contribution is 2.40. The third-order valence-electron chi connectivity index (χ3n) is 4.34. The van der Waals surface area contributed by atoms with E-state index in [2.05, 4.69) is 16.4 Å². The van der Waals surface area contributed by atoms with Gasteiger partial charge in [-0.2, -0.15) is 5.26 Å². The standard InChI is InChI=1S/C21H19Cl2N3O4/c1-28-17-7-6-13-16(26-19-14(22)11-25-12-15(19)23)10-18(27)30-20(13)21(17)29-9-5-3-2-4-8-24/h6-7,10-12H,2-5,9H2,1H3,(H,25,26). The molecule has 9 heteroatoms. The number of hydrogen-bond acceptors (Lipinski definition) is 7. The van der Waals surface area contributed by atoms with E-state index in [-0.39, 0.29) is 5.58 Å². The molecule has 0 radical (unpaired) electrons. The molecule has 3 aromatic rings. The summed E-state index contributed by atoms with van der Waals surface area (Å²) < 4.78 is 16.7. The van der Waals surface area contributed by atoms with Gasteiger partial charge in [0.25, 0.3) is 0 Å². The van der Waals surface area contributed by atoms with Crippen molar-refractivity contribution in [2.24, 2.45) is 0 Å². The topological polar surface area (TPSA) is 97.4 Å². The molecule has 2 aromatic heterocycles. The van der Waals surface area contributed by atoms with Crippen LogP contribution in [-0.2, 0) is 0 Å². The highest BCUT2D eigenvalue weighted by molar-refractivity contribution is 6.39. The number of anilines is 2. The van der Waals surface area contributed by atoms with Crippen molar-refractivity contribution in [2.45, 2.75) is 25.7 Å². The molecular weight excluding hydrogens is 429 g/mol. The normalized spacial score (nSPS) is 10.6. The van der Waals surface area contributed by atoms with E-state index >= 15 is 0 Å². The number of nitriles is 1. The molecule has 0 aliphatic rings. The van der Waals surface area contributed by atoms with E-state index in [1.54, 1.807) is 12.1 Å². The first-order chi connectivity index (χ1) is 14.5. The summed E-state index contributed by atoms with van der Waals surface area (Å²) in [6.07, 6.45) is 5.84. The zero-order chi connectivity index (χ0) is 21.5. The molecule has 0 atom stereocenters. The Balaban J connectivity index is 1.97. The molecule has 0 saturated heterocycles. The number of methoxy groups -OCH3 is 1. The fraction of sp³-hybridized carbons (Fsp3) is 0.286. The van der Waals surface area contributed by atoms with Gasteiger partial charge in [-0.25, -0.2) is 4.79 Å². The maximum atomic E-state index is 12.3. The van der Waals surface area contributed by atoms with E-state index in [9.17, 15) is 4.79 Å². The second-order valence-corrected chi connectivity index (χ2v) is 7.19. The van der Waals surface area contributed by atoms with E-state index in [1.165, 1.54) is 25.6 Å². The zero-order valence-corrected chi connectivity index (χ0v) is 17.7. The van der Waals surface area contributed by atoms with Crippen LogP contribution in [0, 0.1) is 11.3 Å². The van der Waals surface area contributed by atoms with Crippen LogP contribution in [0.15, 0.2) is 39.8 Å². The molecule has 0 aliphatic carbocycles. The van der Waals surface area contributed by atoms with Crippen molar-refractivity contribution in [1.29, 1.82) is 5.26 Å². The Kier molecular flexibility index (Phi) is 7.39. The zero-order valence-electron chi connectivity index (χ0n) is 16.2. The average molecular weight is 448 g/mol. The van der Waals surface area contributed by atoms with Crippen LogP contribution in [-0.4, -0.2) is 18.7 Å². The number of unbranched alkanes of at least 4 members (excludes halogenated alkanes) is 3. The molecule has 1 N–H and O–H groups in total. The molecule has 0 spiro atoms. The number of nitrogens with zero attached hydrogens (tertiary/aromatic N) is 2. The SMILES string of the molecule is COc1ccc2c(Nc3c(Cl)cncc3Cl)cc(=O)oc2c1OCCCCCC#N. The lowest BCUT2D eigenvalue weighted by molar-refractivity contribution is 0.284. The van der Waals surface area contributed by atoms with E-state index in [4.69, 9.17) is 42.4 Å². The van der Waals surface area contributed by atoms with Crippen molar-refractivity contribution >= 4 is 45.5 Å². The number of benzene rings is 1. The summed E-state index contributed by atoms with van der Waals surface area (Å²) in [5.41, 5.74) is 0.565. The maximum Gasteiger partial charge on any atom is 0.338 e. The van der Waals surface area contributed by atoms with Gasteiger partial charge < -0.3 is 19.2 Å². The Hall–Kier alpha value is -2.95. The highest BCUT2D eigenvalue weighted by Gasteiger charge is 2.17. The van der Waals surface area contributed by atoms with Gasteiger partial charge in [0.05, 0.1) is 41.2 Å². The van der Waals surface area contributed by atoms with Gasteiger partial charge >= 0.3 is 5.63 Å². The van der Waals surface area contributed by atoms with Crippen molar-refractivity contribution in [3.05, 3.63) is 51.1 Å². The minimum Gasteiger partial charge on any atom is -0.493 e. The number of nitrogens with one attached hydrogen (secondary N) is 1. The fourth-order valence-corrected chi connectivity index (χ4v) is 3.37. The third-order valence-corrected chi connectivity index (χ3v) is 4.92. The number of aromatic nitrogens is 1. The monoisotopic (exact) mass is 447 g/mol. The number of pyridine rings is 1. The maximum absolute atomic E-state index is 12.3. The van der Waals surface area contributed by atoms with Gasteiger partial charge in [0.15, 0.2) is 11.3 Å². The van der Waals surface area contributed by atoms with Gasteiger partial charge in [0.1, 0.15) is 0 Å². The molecular formula is C21H19Cl2N3O4. The average Bonchev–Trinajstić information content (AvgIpc) is 2.73. The van der Waals surface area contributed by atoms with Crippen LogP contribution >= 0.6 is 23.2 Å². The van der Waals surface area contributed by atoms with Crippen molar-refractivity contribution < 1.29 is 13.9 Å². The van der Waals surface area contributed by atoms with Crippen LogP contribution in [0.2, 0.25) is 10.0 Å². The molecule has 2 heterocycles. The molecule has 1 aromatic carbocycles. The summed E-state index contributed by atoms with van der Waals surface area (Å²) in [4.78, 5) is 16.2. The summed E-state index contributed by atoms with van der Waals surface area (Å²) >= 11 is 12.4. The molecule has 0 fully saturated rings. The number of hydrogen-bond donors (Lipinski definition) is 1. The first kappa shape index (κ1) is 21.8. The highest BCUT2D eigenvalue weighted by atomic mass is 35.5. The van der Waals surface area contributed by atoms with Gasteiger partial charge in [-0.3, -0.25) is 4.98 Å². The first-order valence-electron chi connectivity index (χ1n) is 9.25. The Labute approximate surface area is 183 Å². The van der Waals surface area contributed by atoms with Gasteiger partial charge in [-0.15, -0.1) is 0 Å². The third kappa shape index (κ3) is 4.96. The second kappa shape index (κ2) is 10.2. The molecule has 0 aliphatic heterocycles. The smallest absolute Gasteiger partial charge is 0.338 e. The summed E-state index contributed by atoms with van der Waals surface area (Å²) in [6, 6.07) is 6.91. The lowest BCUT2D eigenvalue weighted by atomic mass is 10.1. The minimum absolute atomic E-state index is 0.252. The van der Waals surface area contributed by atoms with Crippen LogP contribution in [0.25, 0.3) is 11.0 Å². The van der Waals surface area contributed by atoms with Gasteiger partial charge in [-0.1, -0.05) is 23.2 Å². The van der Waals surface area contributed by atoms with Crippen LogP contribution < -0.4 is 20.4 Å². The molecule has 30 heavy (non-hydrogen) atoms. The molecule has 0 amide bonds. The molecule has 156 valence electrons. The number of rotatable bonds is 9. The van der Waals surface area contributed by atoms with E-state index < -0.39 is 5.63 Å². The van der Waals surface area contributed by atoms with Gasteiger partial charge in [0, 0.05) is 30.3 Å². The largest absolute Gasteiger partial charge is 0.493 e. The molecule has 7 nitrogen and oxygen atoms in total. The van der Waals surface area contributed by atoms with Crippen LogP contribution in [0.1, 0.15) is 25.7 Å². The fourth-order valence-electron chi connectivity index (χ4n) is 2.91. The Morgan fingerprint density at radius 1 is 1.20 bits per heavy atom. The predicted molar refractivity (Wildman–Crippen MR) is 116 cm³/mol. The van der Waals surface area contributed by atoms with Gasteiger partial charge in [-0.05, 0) is 31.4 Å². The lowest BCUT2D eigenvalue weighted by Gasteiger charge is -2.15. The van der Waals surface area contributed by atoms with Crippen molar-refractivity contribution in [2.75, 3.05) is 19.0 Å². The van der Waals surface area contributed by atoms with Crippen molar-refractivity contribution in [3.63, 3.8) is 0 Å². The molecule has 0 saturated carbocycles. The minimum atomic E-state index is -0.571. The van der Waals surface area contributed by atoms with Crippen molar-refractivity contribution in [3.8, 4) is 17.6 Å². The lowest BCUT2D eigenvalue weighted by Crippen LogP contribution is -2.05. The Bertz CT molecular complexity index is 1120. The van der Waals surface area contributed by atoms with Crippen LogP contribution in [0.3, 0.4) is 0 Å². The van der Waals surface area contributed by atoms with E-state index in [1.807, 2.05) is 0 Å². The van der Waals surface area contributed by atoms with Crippen LogP contribution in [0.5, 0.6) is 11.5 Å².